The van der Waals surface area contributed by atoms with Gasteiger partial charge in [-0.3, -0.25) is 14.6 Å². The third kappa shape index (κ3) is 4.64. The minimum atomic E-state index is -0.503. The molecule has 0 bridgehead atoms. The van der Waals surface area contributed by atoms with Crippen LogP contribution >= 0.6 is 23.4 Å². The fourth-order valence-corrected chi connectivity index (χ4v) is 3.37. The maximum Gasteiger partial charge on any atom is 0.240 e. The van der Waals surface area contributed by atoms with E-state index in [-0.39, 0.29) is 18.2 Å². The summed E-state index contributed by atoms with van der Waals surface area (Å²) in [5, 5.41) is 6.01. The average Bonchev–Trinajstić information content (AvgIpc) is 3.19. The Kier molecular flexibility index (Phi) is 5.45. The van der Waals surface area contributed by atoms with E-state index in [1.54, 1.807) is 24.5 Å². The summed E-state index contributed by atoms with van der Waals surface area (Å²) in [5.41, 5.74) is 1.54. The molecule has 1 atom stereocenters. The van der Waals surface area contributed by atoms with Gasteiger partial charge in [0, 0.05) is 17.1 Å². The lowest BCUT2D eigenvalue weighted by molar-refractivity contribution is -0.122. The maximum atomic E-state index is 12.2. The van der Waals surface area contributed by atoms with Crippen LogP contribution in [0.1, 0.15) is 17.7 Å². The fourth-order valence-electron chi connectivity index (χ4n) is 2.22. The molecule has 0 aliphatic carbocycles. The van der Waals surface area contributed by atoms with E-state index < -0.39 is 5.25 Å². The number of halogens is 1. The largest absolute Gasteiger partial charge is 0.467 e. The molecule has 2 amide bonds. The number of carbonyl (C=O) groups excluding carboxylic acids is 2. The highest BCUT2D eigenvalue weighted by Gasteiger charge is 2.32. The van der Waals surface area contributed by atoms with E-state index in [1.807, 2.05) is 19.1 Å². The number of nitrogens with zero attached hydrogens (tertiary/aromatic N) is 1. The molecular formula is C17H16ClN3O3S. The molecule has 1 fully saturated rings. The SMILES string of the molecule is Cc1ccc(NC(=O)CC2SC(=NCc3ccco3)NC2=O)cc1Cl. The van der Waals surface area contributed by atoms with Gasteiger partial charge in [0.25, 0.3) is 0 Å². The monoisotopic (exact) mass is 377 g/mol. The molecule has 2 N–H and O–H groups in total. The number of anilines is 1. The first kappa shape index (κ1) is 17.6. The van der Waals surface area contributed by atoms with Gasteiger partial charge in [-0.25, -0.2) is 0 Å². The fraction of sp³-hybridized carbons (Fsp3) is 0.235. The van der Waals surface area contributed by atoms with Crippen LogP contribution in [0.5, 0.6) is 0 Å². The Morgan fingerprint density at radius 3 is 3.00 bits per heavy atom. The van der Waals surface area contributed by atoms with Gasteiger partial charge in [0.2, 0.25) is 11.8 Å². The van der Waals surface area contributed by atoms with Gasteiger partial charge < -0.3 is 15.1 Å². The molecule has 2 heterocycles. The van der Waals surface area contributed by atoms with Crippen LogP contribution in [0.25, 0.3) is 0 Å². The van der Waals surface area contributed by atoms with Crippen molar-refractivity contribution in [1.82, 2.24) is 5.32 Å². The molecule has 1 aromatic carbocycles. The number of nitrogens with one attached hydrogen (secondary N) is 2. The molecule has 1 aromatic heterocycles. The predicted octanol–water partition coefficient (Wildman–Crippen LogP) is 3.36. The third-order valence-corrected chi connectivity index (χ3v) is 5.09. The van der Waals surface area contributed by atoms with Crippen molar-refractivity contribution in [3.63, 3.8) is 0 Å². The lowest BCUT2D eigenvalue weighted by Gasteiger charge is -2.08. The van der Waals surface area contributed by atoms with Crippen molar-refractivity contribution in [3.05, 3.63) is 52.9 Å². The standard InChI is InChI=1S/C17H16ClN3O3S/c1-10-4-5-11(7-13(10)18)20-15(22)8-14-16(23)21-17(25-14)19-9-12-3-2-6-24-12/h2-7,14H,8-9H2,1H3,(H,20,22)(H,19,21,23). The van der Waals surface area contributed by atoms with Gasteiger partial charge in [-0.15, -0.1) is 0 Å². The lowest BCUT2D eigenvalue weighted by atomic mass is 10.2. The summed E-state index contributed by atoms with van der Waals surface area (Å²) in [6, 6.07) is 8.88. The Bertz CT molecular complexity index is 821. The second kappa shape index (κ2) is 7.76. The molecule has 1 saturated heterocycles. The Morgan fingerprint density at radius 2 is 2.28 bits per heavy atom. The van der Waals surface area contributed by atoms with Gasteiger partial charge in [-0.05, 0) is 36.8 Å². The number of hydrogen-bond donors (Lipinski definition) is 2. The van der Waals surface area contributed by atoms with Gasteiger partial charge in [0.15, 0.2) is 5.17 Å². The number of amides is 2. The number of rotatable bonds is 5. The first-order valence-corrected chi connectivity index (χ1v) is 8.87. The highest BCUT2D eigenvalue weighted by atomic mass is 35.5. The molecule has 8 heteroatoms. The number of thioether (sulfide) groups is 1. The zero-order valence-electron chi connectivity index (χ0n) is 13.4. The molecule has 3 rings (SSSR count). The summed E-state index contributed by atoms with van der Waals surface area (Å²) in [4.78, 5) is 28.4. The number of carbonyl (C=O) groups is 2. The number of aliphatic imine (C=N–C) groups is 1. The van der Waals surface area contributed by atoms with Crippen molar-refractivity contribution in [2.24, 2.45) is 4.99 Å². The Labute approximate surface area is 154 Å². The number of amidine groups is 1. The average molecular weight is 378 g/mol. The summed E-state index contributed by atoms with van der Waals surface area (Å²) in [6.07, 6.45) is 1.63. The molecule has 0 radical (unpaired) electrons. The number of aryl methyl sites for hydroxylation is 1. The molecular weight excluding hydrogens is 362 g/mol. The van der Waals surface area contributed by atoms with Crippen LogP contribution in [0.15, 0.2) is 46.0 Å². The summed E-state index contributed by atoms with van der Waals surface area (Å²) in [6.45, 7) is 2.23. The molecule has 0 spiro atoms. The van der Waals surface area contributed by atoms with Crippen LogP contribution in [0.3, 0.4) is 0 Å². The summed E-state index contributed by atoms with van der Waals surface area (Å²) >= 11 is 7.29. The van der Waals surface area contributed by atoms with E-state index in [4.69, 9.17) is 16.0 Å². The van der Waals surface area contributed by atoms with Gasteiger partial charge in [0.1, 0.15) is 11.0 Å². The number of furan rings is 1. The van der Waals surface area contributed by atoms with Crippen molar-refractivity contribution < 1.29 is 14.0 Å². The molecule has 1 unspecified atom stereocenters. The van der Waals surface area contributed by atoms with Gasteiger partial charge >= 0.3 is 0 Å². The van der Waals surface area contributed by atoms with E-state index in [1.165, 1.54) is 11.8 Å². The van der Waals surface area contributed by atoms with Crippen molar-refractivity contribution in [2.45, 2.75) is 25.1 Å². The van der Waals surface area contributed by atoms with E-state index >= 15 is 0 Å². The first-order valence-electron chi connectivity index (χ1n) is 7.61. The van der Waals surface area contributed by atoms with Crippen LogP contribution in [0.2, 0.25) is 5.02 Å². The smallest absolute Gasteiger partial charge is 0.240 e. The Hall–Kier alpha value is -2.25. The van der Waals surface area contributed by atoms with Crippen molar-refractivity contribution in [3.8, 4) is 0 Å². The van der Waals surface area contributed by atoms with Crippen molar-refractivity contribution in [1.29, 1.82) is 0 Å². The molecule has 25 heavy (non-hydrogen) atoms. The van der Waals surface area contributed by atoms with Crippen LogP contribution in [0.4, 0.5) is 5.69 Å². The molecule has 2 aromatic rings. The van der Waals surface area contributed by atoms with Gasteiger partial charge in [-0.1, -0.05) is 29.4 Å². The zero-order chi connectivity index (χ0) is 17.8. The van der Waals surface area contributed by atoms with E-state index in [0.29, 0.717) is 28.2 Å². The first-order chi connectivity index (χ1) is 12.0. The molecule has 1 aliphatic heterocycles. The third-order valence-electron chi connectivity index (χ3n) is 3.56. The van der Waals surface area contributed by atoms with E-state index in [2.05, 4.69) is 15.6 Å². The molecule has 0 saturated carbocycles. The van der Waals surface area contributed by atoms with Gasteiger partial charge in [-0.2, -0.15) is 0 Å². The number of hydrogen-bond acceptors (Lipinski definition) is 5. The maximum absolute atomic E-state index is 12.2. The van der Waals surface area contributed by atoms with E-state index in [0.717, 1.165) is 5.56 Å². The zero-order valence-corrected chi connectivity index (χ0v) is 15.0. The lowest BCUT2D eigenvalue weighted by Crippen LogP contribution is -2.28. The molecule has 6 nitrogen and oxygen atoms in total. The van der Waals surface area contributed by atoms with Crippen LogP contribution in [-0.4, -0.2) is 22.2 Å². The Balaban J connectivity index is 1.55. The van der Waals surface area contributed by atoms with Crippen LogP contribution in [0, 0.1) is 6.92 Å². The van der Waals surface area contributed by atoms with Crippen molar-refractivity contribution >= 4 is 46.0 Å². The highest BCUT2D eigenvalue weighted by Crippen LogP contribution is 2.24. The molecule has 130 valence electrons. The quantitative estimate of drug-likeness (QED) is 0.836. The normalized spacial score (nSPS) is 18.4. The minimum absolute atomic E-state index is 0.0573. The van der Waals surface area contributed by atoms with Gasteiger partial charge in [0.05, 0.1) is 12.8 Å². The predicted molar refractivity (Wildman–Crippen MR) is 98.8 cm³/mol. The van der Waals surface area contributed by atoms with Crippen molar-refractivity contribution in [2.75, 3.05) is 5.32 Å². The summed E-state index contributed by atoms with van der Waals surface area (Å²) < 4.78 is 5.19. The molecule has 1 aliphatic rings. The highest BCUT2D eigenvalue weighted by molar-refractivity contribution is 8.15. The minimum Gasteiger partial charge on any atom is -0.467 e. The summed E-state index contributed by atoms with van der Waals surface area (Å²) in [7, 11) is 0. The number of benzene rings is 1. The topological polar surface area (TPSA) is 83.7 Å². The van der Waals surface area contributed by atoms with Crippen LogP contribution < -0.4 is 10.6 Å². The second-order valence-electron chi connectivity index (χ2n) is 5.51. The summed E-state index contributed by atoms with van der Waals surface area (Å²) in [5.74, 6) is 0.236. The Morgan fingerprint density at radius 1 is 1.44 bits per heavy atom. The van der Waals surface area contributed by atoms with Crippen LogP contribution in [-0.2, 0) is 16.1 Å². The van der Waals surface area contributed by atoms with E-state index in [9.17, 15) is 9.59 Å². The second-order valence-corrected chi connectivity index (χ2v) is 7.11.